The van der Waals surface area contributed by atoms with Crippen LogP contribution < -0.4 is 15.4 Å². The molecule has 0 saturated heterocycles. The maximum atomic E-state index is 13.2. The van der Waals surface area contributed by atoms with Crippen molar-refractivity contribution in [3.8, 4) is 5.75 Å². The molecule has 1 aromatic heterocycles. The number of carbonyl (C=O) groups is 2. The Morgan fingerprint density at radius 3 is 2.60 bits per heavy atom. The van der Waals surface area contributed by atoms with Crippen LogP contribution in [0.3, 0.4) is 0 Å². The predicted molar refractivity (Wildman–Crippen MR) is 106 cm³/mol. The first-order chi connectivity index (χ1) is 14.4. The molecule has 0 spiro atoms. The molecule has 0 radical (unpaired) electrons. The molecular weight excluding hydrogens is 441 g/mol. The second-order valence-electron chi connectivity index (χ2n) is 5.58. The Kier molecular flexibility index (Phi) is 7.25. The van der Waals surface area contributed by atoms with Gasteiger partial charge in [0.2, 0.25) is 11.0 Å². The van der Waals surface area contributed by atoms with Gasteiger partial charge >= 0.3 is 6.61 Å². The van der Waals surface area contributed by atoms with Gasteiger partial charge in [0.1, 0.15) is 11.6 Å². The molecule has 0 aliphatic heterocycles. The fraction of sp³-hybridized carbons (Fsp3) is 0.111. The molecule has 12 heteroatoms. The first-order valence-corrected chi connectivity index (χ1v) is 10.1. The summed E-state index contributed by atoms with van der Waals surface area (Å²) < 4.78 is 42.1. The second-order valence-corrected chi connectivity index (χ2v) is 7.78. The van der Waals surface area contributed by atoms with E-state index in [0.717, 1.165) is 23.1 Å². The molecule has 2 aromatic carbocycles. The number of amides is 2. The van der Waals surface area contributed by atoms with Crippen LogP contribution in [0.2, 0.25) is 0 Å². The van der Waals surface area contributed by atoms with Crippen LogP contribution in [0, 0.1) is 5.82 Å². The summed E-state index contributed by atoms with van der Waals surface area (Å²) in [6.07, 6.45) is 0. The first-order valence-electron chi connectivity index (χ1n) is 8.27. The maximum Gasteiger partial charge on any atom is 0.387 e. The number of hydrogen-bond donors (Lipinski definition) is 2. The van der Waals surface area contributed by atoms with E-state index in [-0.39, 0.29) is 17.1 Å². The number of aromatic nitrogens is 2. The van der Waals surface area contributed by atoms with E-state index in [2.05, 4.69) is 25.6 Å². The Labute approximate surface area is 176 Å². The molecule has 0 aliphatic rings. The zero-order valence-electron chi connectivity index (χ0n) is 15.0. The number of anilines is 2. The zero-order chi connectivity index (χ0) is 21.5. The number of carbonyl (C=O) groups excluding carboxylic acids is 2. The number of thioether (sulfide) groups is 1. The predicted octanol–water partition coefficient (Wildman–Crippen LogP) is 4.07. The molecule has 0 fully saturated rings. The Morgan fingerprint density at radius 1 is 1.13 bits per heavy atom. The average Bonchev–Trinajstić information content (AvgIpc) is 3.14. The number of benzene rings is 2. The fourth-order valence-electron chi connectivity index (χ4n) is 2.16. The van der Waals surface area contributed by atoms with Gasteiger partial charge in [-0.25, -0.2) is 4.39 Å². The number of rotatable bonds is 8. The number of alkyl halides is 2. The van der Waals surface area contributed by atoms with Gasteiger partial charge in [0.15, 0.2) is 4.34 Å². The van der Waals surface area contributed by atoms with Gasteiger partial charge < -0.3 is 10.1 Å². The lowest BCUT2D eigenvalue weighted by Crippen LogP contribution is -2.31. The van der Waals surface area contributed by atoms with Crippen molar-refractivity contribution in [2.75, 3.05) is 11.1 Å². The van der Waals surface area contributed by atoms with E-state index < -0.39 is 24.2 Å². The van der Waals surface area contributed by atoms with Crippen LogP contribution in [0.25, 0.3) is 0 Å². The second kappa shape index (κ2) is 10.1. The van der Waals surface area contributed by atoms with Crippen molar-refractivity contribution in [1.29, 1.82) is 0 Å². The van der Waals surface area contributed by atoms with Crippen molar-refractivity contribution < 1.29 is 27.5 Å². The van der Waals surface area contributed by atoms with E-state index >= 15 is 0 Å². The third-order valence-corrected chi connectivity index (χ3v) is 5.38. The summed E-state index contributed by atoms with van der Waals surface area (Å²) in [6.45, 7) is -2.96. The molecule has 1 heterocycles. The van der Waals surface area contributed by atoms with E-state index in [0.29, 0.717) is 15.2 Å². The Bertz CT molecular complexity index is 1030. The van der Waals surface area contributed by atoms with E-state index in [1.54, 1.807) is 12.1 Å². The number of hydrogen-bond acceptors (Lipinski definition) is 8. The van der Waals surface area contributed by atoms with E-state index in [1.807, 2.05) is 0 Å². The summed E-state index contributed by atoms with van der Waals surface area (Å²) in [6, 6.07) is 10.8. The highest BCUT2D eigenvalue weighted by molar-refractivity contribution is 8.01. The minimum absolute atomic E-state index is 0.0904. The maximum absolute atomic E-state index is 13.2. The van der Waals surface area contributed by atoms with E-state index in [1.165, 1.54) is 36.4 Å². The van der Waals surface area contributed by atoms with Crippen molar-refractivity contribution in [2.24, 2.45) is 0 Å². The SMILES string of the molecule is O=C(CSc1nnc(Nc2cccc(F)c2)s1)NC(=O)c1ccc(OC(F)F)cc1. The Morgan fingerprint density at radius 2 is 1.90 bits per heavy atom. The quantitative estimate of drug-likeness (QED) is 0.496. The van der Waals surface area contributed by atoms with Gasteiger partial charge in [0, 0.05) is 11.3 Å². The molecule has 0 bridgehead atoms. The van der Waals surface area contributed by atoms with Gasteiger partial charge in [-0.15, -0.1) is 10.2 Å². The fourth-order valence-corrected chi connectivity index (χ4v) is 3.73. The van der Waals surface area contributed by atoms with Crippen LogP contribution in [-0.2, 0) is 4.79 Å². The molecule has 3 aromatic rings. The number of imide groups is 1. The van der Waals surface area contributed by atoms with Crippen molar-refractivity contribution >= 4 is 45.7 Å². The summed E-state index contributed by atoms with van der Waals surface area (Å²) in [5.74, 6) is -1.81. The summed E-state index contributed by atoms with van der Waals surface area (Å²) in [5.41, 5.74) is 0.628. The van der Waals surface area contributed by atoms with Crippen LogP contribution in [0.4, 0.5) is 24.0 Å². The third-order valence-electron chi connectivity index (χ3n) is 3.40. The lowest BCUT2D eigenvalue weighted by molar-refractivity contribution is -0.117. The zero-order valence-corrected chi connectivity index (χ0v) is 16.6. The summed E-state index contributed by atoms with van der Waals surface area (Å²) >= 11 is 2.24. The summed E-state index contributed by atoms with van der Waals surface area (Å²) in [4.78, 5) is 24.0. The highest BCUT2D eigenvalue weighted by Crippen LogP contribution is 2.27. The number of halogens is 3. The van der Waals surface area contributed by atoms with Crippen LogP contribution in [-0.4, -0.2) is 34.4 Å². The van der Waals surface area contributed by atoms with Crippen molar-refractivity contribution in [1.82, 2.24) is 15.5 Å². The normalized spacial score (nSPS) is 10.7. The molecule has 30 heavy (non-hydrogen) atoms. The first kappa shape index (κ1) is 21.6. The van der Waals surface area contributed by atoms with Gasteiger partial charge in [-0.2, -0.15) is 8.78 Å². The van der Waals surface area contributed by atoms with Gasteiger partial charge in [-0.3, -0.25) is 14.9 Å². The Hall–Kier alpha value is -3.12. The summed E-state index contributed by atoms with van der Waals surface area (Å²) in [5, 5.41) is 13.3. The standard InChI is InChI=1S/C18H13F3N4O3S2/c19-11-2-1-3-12(8-11)22-17-24-25-18(30-17)29-9-14(26)23-15(27)10-4-6-13(7-5-10)28-16(20)21/h1-8,16H,9H2,(H,22,24)(H,23,26,27). The van der Waals surface area contributed by atoms with E-state index in [9.17, 15) is 22.8 Å². The molecule has 3 rings (SSSR count). The van der Waals surface area contributed by atoms with Crippen LogP contribution in [0.5, 0.6) is 5.75 Å². The molecule has 0 aliphatic carbocycles. The molecule has 0 unspecified atom stereocenters. The highest BCUT2D eigenvalue weighted by Gasteiger charge is 2.13. The van der Waals surface area contributed by atoms with Gasteiger partial charge in [0.05, 0.1) is 5.75 Å². The number of ether oxygens (including phenoxy) is 1. The van der Waals surface area contributed by atoms with Crippen LogP contribution in [0.1, 0.15) is 10.4 Å². The summed E-state index contributed by atoms with van der Waals surface area (Å²) in [7, 11) is 0. The topological polar surface area (TPSA) is 93.2 Å². The lowest BCUT2D eigenvalue weighted by Gasteiger charge is -2.06. The highest BCUT2D eigenvalue weighted by atomic mass is 32.2. The molecule has 0 atom stereocenters. The van der Waals surface area contributed by atoms with Crippen LogP contribution in [0.15, 0.2) is 52.9 Å². The molecule has 2 N–H and O–H groups in total. The van der Waals surface area contributed by atoms with Crippen molar-refractivity contribution in [2.45, 2.75) is 11.0 Å². The smallest absolute Gasteiger partial charge is 0.387 e. The molecule has 2 amide bonds. The lowest BCUT2D eigenvalue weighted by atomic mass is 10.2. The van der Waals surface area contributed by atoms with Crippen molar-refractivity contribution in [3.63, 3.8) is 0 Å². The monoisotopic (exact) mass is 454 g/mol. The number of nitrogens with one attached hydrogen (secondary N) is 2. The molecular formula is C18H13F3N4O3S2. The number of nitrogens with zero attached hydrogens (tertiary/aromatic N) is 2. The minimum atomic E-state index is -2.96. The van der Waals surface area contributed by atoms with Gasteiger partial charge in [0.25, 0.3) is 5.91 Å². The average molecular weight is 454 g/mol. The van der Waals surface area contributed by atoms with Crippen molar-refractivity contribution in [3.05, 3.63) is 59.9 Å². The third kappa shape index (κ3) is 6.46. The van der Waals surface area contributed by atoms with Gasteiger partial charge in [-0.1, -0.05) is 29.2 Å². The largest absolute Gasteiger partial charge is 0.435 e. The Balaban J connectivity index is 1.47. The van der Waals surface area contributed by atoms with E-state index in [4.69, 9.17) is 0 Å². The molecule has 7 nitrogen and oxygen atoms in total. The van der Waals surface area contributed by atoms with Gasteiger partial charge in [-0.05, 0) is 42.5 Å². The molecule has 156 valence electrons. The minimum Gasteiger partial charge on any atom is -0.435 e. The van der Waals surface area contributed by atoms with Crippen LogP contribution >= 0.6 is 23.1 Å². The molecule has 0 saturated carbocycles.